The van der Waals surface area contributed by atoms with E-state index in [1.807, 2.05) is 18.2 Å². The van der Waals surface area contributed by atoms with Gasteiger partial charge in [0.2, 0.25) is 17.0 Å². The summed E-state index contributed by atoms with van der Waals surface area (Å²) < 4.78 is 0. The number of anilines is 1. The van der Waals surface area contributed by atoms with Gasteiger partial charge >= 0.3 is 0 Å². The number of nitrogens with one attached hydrogen (secondary N) is 1. The quantitative estimate of drug-likeness (QED) is 0.598. The summed E-state index contributed by atoms with van der Waals surface area (Å²) in [6, 6.07) is 7.45. The van der Waals surface area contributed by atoms with E-state index >= 15 is 0 Å². The summed E-state index contributed by atoms with van der Waals surface area (Å²) in [5.74, 6) is 0.400. The molecule has 1 aromatic heterocycles. The Morgan fingerprint density at radius 3 is 2.91 bits per heavy atom. The molecule has 1 amide bonds. The number of H-pyrrole nitrogens is 1. The van der Waals surface area contributed by atoms with Gasteiger partial charge in [-0.3, -0.25) is 4.79 Å². The predicted octanol–water partition coefficient (Wildman–Crippen LogP) is 2.35. The van der Waals surface area contributed by atoms with E-state index in [9.17, 15) is 4.79 Å². The van der Waals surface area contributed by atoms with Crippen LogP contribution >= 0.6 is 23.4 Å². The number of hydrogen-bond acceptors (Lipinski definition) is 5. The number of hydrogen-bond donors (Lipinski definition) is 2. The summed E-state index contributed by atoms with van der Waals surface area (Å²) in [4.78, 5) is 18.0. The normalized spacial score (nSPS) is 10.4. The lowest BCUT2D eigenvalue weighted by molar-refractivity contribution is -0.128. The second-order valence-corrected chi connectivity index (χ2v) is 5.80. The first-order chi connectivity index (χ1) is 10.6. The van der Waals surface area contributed by atoms with E-state index in [0.717, 1.165) is 5.56 Å². The van der Waals surface area contributed by atoms with Crippen molar-refractivity contribution in [2.24, 2.45) is 0 Å². The lowest BCUT2D eigenvalue weighted by atomic mass is 10.2. The highest BCUT2D eigenvalue weighted by Crippen LogP contribution is 2.19. The van der Waals surface area contributed by atoms with E-state index in [-0.39, 0.29) is 17.6 Å². The molecule has 0 aliphatic rings. The lowest BCUT2D eigenvalue weighted by Crippen LogP contribution is -2.32. The third-order valence-corrected chi connectivity index (χ3v) is 4.03. The van der Waals surface area contributed by atoms with Gasteiger partial charge in [0.15, 0.2) is 0 Å². The molecule has 0 aliphatic heterocycles. The smallest absolute Gasteiger partial charge is 0.233 e. The monoisotopic (exact) mass is 337 g/mol. The maximum atomic E-state index is 12.3. The molecule has 0 saturated heterocycles. The van der Waals surface area contributed by atoms with Crippen LogP contribution in [0.15, 0.2) is 42.1 Å². The Morgan fingerprint density at radius 2 is 2.27 bits per heavy atom. The molecule has 0 spiro atoms. The molecule has 1 aromatic carbocycles. The number of aromatic amines is 1. The van der Waals surface area contributed by atoms with Crippen molar-refractivity contribution in [3.05, 3.63) is 47.5 Å². The number of rotatable bonds is 7. The Kier molecular flexibility index (Phi) is 5.85. The van der Waals surface area contributed by atoms with Crippen LogP contribution in [0.3, 0.4) is 0 Å². The van der Waals surface area contributed by atoms with Crippen LogP contribution in [0.2, 0.25) is 5.02 Å². The van der Waals surface area contributed by atoms with Gasteiger partial charge in [-0.1, -0.05) is 47.6 Å². The number of benzene rings is 1. The molecule has 2 rings (SSSR count). The molecule has 3 N–H and O–H groups in total. The number of carbonyl (C=O) groups is 1. The molecule has 0 radical (unpaired) electrons. The predicted molar refractivity (Wildman–Crippen MR) is 88.6 cm³/mol. The number of halogens is 1. The van der Waals surface area contributed by atoms with Crippen LogP contribution in [0.5, 0.6) is 0 Å². The first-order valence-electron chi connectivity index (χ1n) is 6.53. The van der Waals surface area contributed by atoms with Gasteiger partial charge in [-0.2, -0.15) is 4.98 Å². The van der Waals surface area contributed by atoms with Crippen LogP contribution < -0.4 is 5.73 Å². The van der Waals surface area contributed by atoms with Crippen molar-refractivity contribution < 1.29 is 4.79 Å². The number of nitrogens with two attached hydrogens (primary N) is 1. The molecule has 0 atom stereocenters. The van der Waals surface area contributed by atoms with Crippen LogP contribution in [0, 0.1) is 0 Å². The minimum absolute atomic E-state index is 0.0480. The summed E-state index contributed by atoms with van der Waals surface area (Å²) in [7, 11) is 0. The Morgan fingerprint density at radius 1 is 1.50 bits per heavy atom. The molecular formula is C14H16ClN5OS. The van der Waals surface area contributed by atoms with Crippen molar-refractivity contribution in [2.45, 2.75) is 11.7 Å². The van der Waals surface area contributed by atoms with Gasteiger partial charge in [0.1, 0.15) is 0 Å². The fourth-order valence-corrected chi connectivity index (χ4v) is 2.69. The van der Waals surface area contributed by atoms with Crippen LogP contribution in [0.25, 0.3) is 0 Å². The zero-order chi connectivity index (χ0) is 15.9. The van der Waals surface area contributed by atoms with Crippen molar-refractivity contribution in [3.63, 3.8) is 0 Å². The van der Waals surface area contributed by atoms with Crippen molar-refractivity contribution in [3.8, 4) is 0 Å². The minimum Gasteiger partial charge on any atom is -0.368 e. The Bertz CT molecular complexity index is 660. The molecule has 1 heterocycles. The highest BCUT2D eigenvalue weighted by Gasteiger charge is 2.15. The summed E-state index contributed by atoms with van der Waals surface area (Å²) >= 11 is 7.37. The van der Waals surface area contributed by atoms with E-state index < -0.39 is 0 Å². The maximum absolute atomic E-state index is 12.3. The Labute approximate surface area is 137 Å². The summed E-state index contributed by atoms with van der Waals surface area (Å²) in [6.45, 7) is 4.57. The summed E-state index contributed by atoms with van der Waals surface area (Å²) in [6.07, 6.45) is 1.68. The van der Waals surface area contributed by atoms with E-state index in [2.05, 4.69) is 21.8 Å². The highest BCUT2D eigenvalue weighted by atomic mass is 35.5. The molecule has 116 valence electrons. The Balaban J connectivity index is 1.99. The van der Waals surface area contributed by atoms with E-state index in [1.165, 1.54) is 11.8 Å². The SMILES string of the molecule is C=CCN(Cc1ccccc1Cl)C(=O)CSc1n[nH]c(N)n1. The number of carbonyl (C=O) groups excluding carboxylic acids is 1. The molecular weight excluding hydrogens is 322 g/mol. The number of aromatic nitrogens is 3. The average molecular weight is 338 g/mol. The van der Waals surface area contributed by atoms with E-state index in [1.54, 1.807) is 17.0 Å². The number of nitrogen functional groups attached to an aromatic ring is 1. The van der Waals surface area contributed by atoms with Gasteiger partial charge in [-0.05, 0) is 11.6 Å². The lowest BCUT2D eigenvalue weighted by Gasteiger charge is -2.21. The number of amides is 1. The molecule has 2 aromatic rings. The molecule has 0 unspecified atom stereocenters. The second-order valence-electron chi connectivity index (χ2n) is 4.45. The first kappa shape index (κ1) is 16.4. The van der Waals surface area contributed by atoms with Crippen LogP contribution in [-0.4, -0.2) is 38.3 Å². The largest absolute Gasteiger partial charge is 0.368 e. The standard InChI is InChI=1S/C14H16ClN5OS/c1-2-7-20(8-10-5-3-4-6-11(10)15)12(21)9-22-14-17-13(16)18-19-14/h2-6H,1,7-9H2,(H3,16,17,18,19). The second kappa shape index (κ2) is 7.86. The fraction of sp³-hybridized carbons (Fsp3) is 0.214. The summed E-state index contributed by atoms with van der Waals surface area (Å²) in [5, 5.41) is 7.50. The third-order valence-electron chi connectivity index (χ3n) is 2.83. The molecule has 0 aliphatic carbocycles. The van der Waals surface area contributed by atoms with Crippen molar-refractivity contribution >= 4 is 35.2 Å². The van der Waals surface area contributed by atoms with Gasteiger partial charge in [0, 0.05) is 18.1 Å². The van der Waals surface area contributed by atoms with Gasteiger partial charge < -0.3 is 10.6 Å². The van der Waals surface area contributed by atoms with Crippen LogP contribution in [0.1, 0.15) is 5.56 Å². The van der Waals surface area contributed by atoms with E-state index in [4.69, 9.17) is 17.3 Å². The Hall–Kier alpha value is -1.99. The molecule has 0 bridgehead atoms. The number of thioether (sulfide) groups is 1. The van der Waals surface area contributed by atoms with Crippen LogP contribution in [0.4, 0.5) is 5.95 Å². The van der Waals surface area contributed by atoms with Crippen molar-refractivity contribution in [1.29, 1.82) is 0 Å². The zero-order valence-corrected chi connectivity index (χ0v) is 13.4. The van der Waals surface area contributed by atoms with Gasteiger partial charge in [0.25, 0.3) is 0 Å². The third kappa shape index (κ3) is 4.51. The van der Waals surface area contributed by atoms with Crippen LogP contribution in [-0.2, 0) is 11.3 Å². The fourth-order valence-electron chi connectivity index (χ4n) is 1.78. The van der Waals surface area contributed by atoms with Crippen molar-refractivity contribution in [1.82, 2.24) is 20.1 Å². The topological polar surface area (TPSA) is 87.9 Å². The molecule has 8 heteroatoms. The number of nitrogens with zero attached hydrogens (tertiary/aromatic N) is 3. The minimum atomic E-state index is -0.0480. The molecule has 6 nitrogen and oxygen atoms in total. The van der Waals surface area contributed by atoms with Crippen molar-refractivity contribution in [2.75, 3.05) is 18.0 Å². The maximum Gasteiger partial charge on any atom is 0.233 e. The van der Waals surface area contributed by atoms with Gasteiger partial charge in [0.05, 0.1) is 5.75 Å². The van der Waals surface area contributed by atoms with Gasteiger partial charge in [-0.25, -0.2) is 5.10 Å². The zero-order valence-electron chi connectivity index (χ0n) is 11.8. The molecule has 22 heavy (non-hydrogen) atoms. The van der Waals surface area contributed by atoms with Gasteiger partial charge in [-0.15, -0.1) is 11.7 Å². The van der Waals surface area contributed by atoms with E-state index in [0.29, 0.717) is 23.3 Å². The first-order valence-corrected chi connectivity index (χ1v) is 7.89. The summed E-state index contributed by atoms with van der Waals surface area (Å²) in [5.41, 5.74) is 6.34. The highest BCUT2D eigenvalue weighted by molar-refractivity contribution is 7.99. The average Bonchev–Trinajstić information content (AvgIpc) is 2.92. The molecule has 0 saturated carbocycles. The molecule has 0 fully saturated rings.